The van der Waals surface area contributed by atoms with E-state index >= 15 is 0 Å². The number of anilines is 1. The first kappa shape index (κ1) is 18.5. The van der Waals surface area contributed by atoms with Crippen molar-refractivity contribution >= 4 is 33.7 Å². The lowest BCUT2D eigenvalue weighted by Gasteiger charge is -2.06. The predicted octanol–water partition coefficient (Wildman–Crippen LogP) is 4.56. The average Bonchev–Trinajstić information content (AvgIpc) is 3.32. The SMILES string of the molecule is CCCCCc1nnc(NC(=O)c2cccc(OCc3cscn3)c2)s1. The fraction of sp³-hybridized carbons (Fsp3) is 0.333. The summed E-state index contributed by atoms with van der Waals surface area (Å²) < 4.78 is 5.69. The van der Waals surface area contributed by atoms with E-state index in [0.29, 0.717) is 23.1 Å². The molecule has 1 aromatic carbocycles. The predicted molar refractivity (Wildman–Crippen MR) is 104 cm³/mol. The van der Waals surface area contributed by atoms with Crippen LogP contribution in [0.3, 0.4) is 0 Å². The van der Waals surface area contributed by atoms with E-state index in [1.165, 1.54) is 35.5 Å². The molecule has 2 aromatic heterocycles. The van der Waals surface area contributed by atoms with E-state index in [2.05, 4.69) is 27.4 Å². The highest BCUT2D eigenvalue weighted by molar-refractivity contribution is 7.15. The Balaban J connectivity index is 1.56. The zero-order chi connectivity index (χ0) is 18.2. The Morgan fingerprint density at radius 1 is 1.27 bits per heavy atom. The second-order valence-corrected chi connectivity index (χ2v) is 7.49. The number of aryl methyl sites for hydroxylation is 1. The Morgan fingerprint density at radius 2 is 2.19 bits per heavy atom. The van der Waals surface area contributed by atoms with E-state index < -0.39 is 0 Å². The van der Waals surface area contributed by atoms with Gasteiger partial charge in [0.05, 0.1) is 11.2 Å². The monoisotopic (exact) mass is 388 g/mol. The number of amides is 1. The number of carbonyl (C=O) groups excluding carboxylic acids is 1. The third-order valence-electron chi connectivity index (χ3n) is 3.65. The van der Waals surface area contributed by atoms with Gasteiger partial charge >= 0.3 is 0 Å². The maximum Gasteiger partial charge on any atom is 0.257 e. The van der Waals surface area contributed by atoms with Gasteiger partial charge in [0.25, 0.3) is 5.91 Å². The average molecular weight is 389 g/mol. The summed E-state index contributed by atoms with van der Waals surface area (Å²) >= 11 is 2.95. The molecule has 1 amide bonds. The normalized spacial score (nSPS) is 10.7. The van der Waals surface area contributed by atoms with Gasteiger partial charge in [-0.15, -0.1) is 21.5 Å². The highest BCUT2D eigenvalue weighted by Gasteiger charge is 2.11. The summed E-state index contributed by atoms with van der Waals surface area (Å²) in [5.41, 5.74) is 3.15. The maximum absolute atomic E-state index is 12.4. The van der Waals surface area contributed by atoms with Gasteiger partial charge in [0, 0.05) is 17.4 Å². The first-order chi connectivity index (χ1) is 12.7. The molecule has 0 spiro atoms. The van der Waals surface area contributed by atoms with Crippen LogP contribution in [0.4, 0.5) is 5.13 Å². The largest absolute Gasteiger partial charge is 0.487 e. The molecule has 2 heterocycles. The first-order valence-corrected chi connectivity index (χ1v) is 10.2. The third kappa shape index (κ3) is 5.34. The maximum atomic E-state index is 12.4. The lowest BCUT2D eigenvalue weighted by atomic mass is 10.2. The summed E-state index contributed by atoms with van der Waals surface area (Å²) in [6, 6.07) is 7.07. The van der Waals surface area contributed by atoms with Crippen LogP contribution in [0.25, 0.3) is 0 Å². The molecule has 0 radical (unpaired) electrons. The molecule has 0 saturated heterocycles. The van der Waals surface area contributed by atoms with E-state index in [1.807, 2.05) is 11.4 Å². The summed E-state index contributed by atoms with van der Waals surface area (Å²) in [6.45, 7) is 2.55. The quantitative estimate of drug-likeness (QED) is 0.544. The number of nitrogens with one attached hydrogen (secondary N) is 1. The summed E-state index contributed by atoms with van der Waals surface area (Å²) in [5, 5.41) is 14.4. The molecule has 136 valence electrons. The van der Waals surface area contributed by atoms with Crippen molar-refractivity contribution in [2.24, 2.45) is 0 Å². The van der Waals surface area contributed by atoms with E-state index in [0.717, 1.165) is 23.5 Å². The van der Waals surface area contributed by atoms with E-state index in [-0.39, 0.29) is 5.91 Å². The molecular weight excluding hydrogens is 368 g/mol. The van der Waals surface area contributed by atoms with Gasteiger partial charge in [0.2, 0.25) is 5.13 Å². The summed E-state index contributed by atoms with van der Waals surface area (Å²) in [6.07, 6.45) is 4.34. The molecule has 0 atom stereocenters. The van der Waals surface area contributed by atoms with Crippen molar-refractivity contribution in [2.45, 2.75) is 39.2 Å². The topological polar surface area (TPSA) is 77.0 Å². The number of ether oxygens (including phenoxy) is 1. The number of rotatable bonds is 9. The number of carbonyl (C=O) groups is 1. The minimum absolute atomic E-state index is 0.222. The molecule has 0 fully saturated rings. The van der Waals surface area contributed by atoms with Crippen LogP contribution in [0.5, 0.6) is 5.75 Å². The van der Waals surface area contributed by atoms with Crippen LogP contribution in [0.2, 0.25) is 0 Å². The number of unbranched alkanes of at least 4 members (excludes halogenated alkanes) is 2. The van der Waals surface area contributed by atoms with Crippen LogP contribution in [0, 0.1) is 0 Å². The number of aromatic nitrogens is 3. The third-order valence-corrected chi connectivity index (χ3v) is 5.18. The molecule has 26 heavy (non-hydrogen) atoms. The Labute approximate surface area is 160 Å². The van der Waals surface area contributed by atoms with Crippen molar-refractivity contribution in [1.82, 2.24) is 15.2 Å². The van der Waals surface area contributed by atoms with E-state index in [9.17, 15) is 4.79 Å². The number of thiazole rings is 1. The second kappa shape index (κ2) is 9.40. The molecule has 6 nitrogen and oxygen atoms in total. The van der Waals surface area contributed by atoms with Crippen LogP contribution in [-0.4, -0.2) is 21.1 Å². The van der Waals surface area contributed by atoms with Gasteiger partial charge in [0.15, 0.2) is 0 Å². The summed E-state index contributed by atoms with van der Waals surface area (Å²) in [4.78, 5) is 16.6. The zero-order valence-electron chi connectivity index (χ0n) is 14.5. The standard InChI is InChI=1S/C18H20N4O2S2/c1-2-3-4-8-16-21-22-18(26-16)20-17(23)13-6-5-7-15(9-13)24-10-14-11-25-12-19-14/h5-7,9,11-12H,2-4,8,10H2,1H3,(H,20,22,23). The van der Waals surface area contributed by atoms with Gasteiger partial charge in [0.1, 0.15) is 17.4 Å². The highest BCUT2D eigenvalue weighted by atomic mass is 32.1. The Hall–Kier alpha value is -2.32. The zero-order valence-corrected chi connectivity index (χ0v) is 16.1. The number of benzene rings is 1. The van der Waals surface area contributed by atoms with E-state index in [1.54, 1.807) is 23.7 Å². The first-order valence-electron chi connectivity index (χ1n) is 8.48. The molecule has 0 bridgehead atoms. The molecule has 3 rings (SSSR count). The van der Waals surface area contributed by atoms with Crippen molar-refractivity contribution in [3.05, 3.63) is 51.4 Å². The van der Waals surface area contributed by atoms with E-state index in [4.69, 9.17) is 4.74 Å². The fourth-order valence-corrected chi connectivity index (χ4v) is 3.61. The fourth-order valence-electron chi connectivity index (χ4n) is 2.29. The molecule has 0 aliphatic carbocycles. The smallest absolute Gasteiger partial charge is 0.257 e. The minimum atomic E-state index is -0.222. The van der Waals surface area contributed by atoms with Gasteiger partial charge < -0.3 is 4.74 Å². The van der Waals surface area contributed by atoms with Crippen molar-refractivity contribution in [3.63, 3.8) is 0 Å². The van der Waals surface area contributed by atoms with Crippen molar-refractivity contribution in [1.29, 1.82) is 0 Å². The molecular formula is C18H20N4O2S2. The van der Waals surface area contributed by atoms with Gasteiger partial charge in [-0.3, -0.25) is 10.1 Å². The Bertz CT molecular complexity index is 833. The summed E-state index contributed by atoms with van der Waals surface area (Å²) in [5.74, 6) is 0.406. The molecule has 0 aliphatic heterocycles. The molecule has 0 saturated carbocycles. The van der Waals surface area contributed by atoms with Crippen LogP contribution >= 0.6 is 22.7 Å². The lowest BCUT2D eigenvalue weighted by molar-refractivity contribution is 0.102. The Kier molecular flexibility index (Phi) is 6.68. The van der Waals surface area contributed by atoms with Gasteiger partial charge in [-0.2, -0.15) is 0 Å². The van der Waals surface area contributed by atoms with Crippen LogP contribution in [-0.2, 0) is 13.0 Å². The second-order valence-electron chi connectivity index (χ2n) is 5.71. The molecule has 8 heteroatoms. The van der Waals surface area contributed by atoms with Crippen molar-refractivity contribution in [2.75, 3.05) is 5.32 Å². The minimum Gasteiger partial charge on any atom is -0.487 e. The lowest BCUT2D eigenvalue weighted by Crippen LogP contribution is -2.11. The highest BCUT2D eigenvalue weighted by Crippen LogP contribution is 2.20. The van der Waals surface area contributed by atoms with Crippen molar-refractivity contribution in [3.8, 4) is 5.75 Å². The van der Waals surface area contributed by atoms with Gasteiger partial charge in [-0.05, 0) is 24.6 Å². The molecule has 3 aromatic rings. The number of hydrogen-bond acceptors (Lipinski definition) is 7. The van der Waals surface area contributed by atoms with Gasteiger partial charge in [-0.25, -0.2) is 4.98 Å². The molecule has 0 aliphatic rings. The van der Waals surface area contributed by atoms with Crippen LogP contribution in [0.1, 0.15) is 47.2 Å². The van der Waals surface area contributed by atoms with Crippen molar-refractivity contribution < 1.29 is 9.53 Å². The Morgan fingerprint density at radius 3 is 3.00 bits per heavy atom. The van der Waals surface area contributed by atoms with Gasteiger partial charge in [-0.1, -0.05) is 37.2 Å². The van der Waals surface area contributed by atoms with Crippen LogP contribution in [0.15, 0.2) is 35.2 Å². The summed E-state index contributed by atoms with van der Waals surface area (Å²) in [7, 11) is 0. The molecule has 1 N–H and O–H groups in total. The van der Waals surface area contributed by atoms with Crippen LogP contribution < -0.4 is 10.1 Å². The number of nitrogens with zero attached hydrogens (tertiary/aromatic N) is 3. The molecule has 0 unspecified atom stereocenters. The number of hydrogen-bond donors (Lipinski definition) is 1.